The van der Waals surface area contributed by atoms with Gasteiger partial charge < -0.3 is 19.6 Å². The first-order chi connectivity index (χ1) is 13.1. The summed E-state index contributed by atoms with van der Waals surface area (Å²) in [5, 5.41) is 9.96. The van der Waals surface area contributed by atoms with Crippen molar-refractivity contribution in [3.05, 3.63) is 35.9 Å². The SMILES string of the molecule is CC(=O)N1C[C@H]2CN(C(=O)C3(CO)CCOCC3)C[C@H]2[C@H]1c1ccccc1. The Bertz CT molecular complexity index is 701. The highest BCUT2D eigenvalue weighted by Crippen LogP contribution is 2.46. The normalized spacial score (nSPS) is 29.6. The summed E-state index contributed by atoms with van der Waals surface area (Å²) in [6.07, 6.45) is 1.16. The Hall–Kier alpha value is -1.92. The predicted molar refractivity (Wildman–Crippen MR) is 99.7 cm³/mol. The lowest BCUT2D eigenvalue weighted by Crippen LogP contribution is -2.49. The summed E-state index contributed by atoms with van der Waals surface area (Å²) in [5.74, 6) is 0.686. The zero-order chi connectivity index (χ0) is 19.0. The van der Waals surface area contributed by atoms with Gasteiger partial charge in [-0.3, -0.25) is 9.59 Å². The highest BCUT2D eigenvalue weighted by atomic mass is 16.5. The molecule has 3 aliphatic heterocycles. The number of amides is 2. The van der Waals surface area contributed by atoms with Crippen LogP contribution in [0.3, 0.4) is 0 Å². The molecular formula is C21H28N2O4. The average molecular weight is 372 g/mol. The van der Waals surface area contributed by atoms with Gasteiger partial charge in [0.05, 0.1) is 18.1 Å². The molecule has 6 nitrogen and oxygen atoms in total. The topological polar surface area (TPSA) is 70.1 Å². The van der Waals surface area contributed by atoms with Crippen molar-refractivity contribution in [2.75, 3.05) is 39.5 Å². The molecule has 1 aromatic carbocycles. The van der Waals surface area contributed by atoms with Gasteiger partial charge in [-0.1, -0.05) is 30.3 Å². The molecule has 0 spiro atoms. The van der Waals surface area contributed by atoms with Crippen molar-refractivity contribution in [1.82, 2.24) is 9.80 Å². The Balaban J connectivity index is 1.56. The summed E-state index contributed by atoms with van der Waals surface area (Å²) in [7, 11) is 0. The third-order valence-corrected chi connectivity index (χ3v) is 6.70. The van der Waals surface area contributed by atoms with Crippen LogP contribution in [-0.2, 0) is 14.3 Å². The number of benzene rings is 1. The second kappa shape index (κ2) is 7.24. The summed E-state index contributed by atoms with van der Waals surface area (Å²) in [5.41, 5.74) is 0.441. The maximum absolute atomic E-state index is 13.3. The second-order valence-corrected chi connectivity index (χ2v) is 8.21. The molecule has 4 rings (SSSR count). The molecule has 0 aliphatic carbocycles. The first-order valence-electron chi connectivity index (χ1n) is 9.86. The monoisotopic (exact) mass is 372 g/mol. The van der Waals surface area contributed by atoms with E-state index in [-0.39, 0.29) is 30.4 Å². The molecular weight excluding hydrogens is 344 g/mol. The molecule has 2 amide bonds. The number of fused-ring (bicyclic) bond motifs is 1. The zero-order valence-electron chi connectivity index (χ0n) is 15.8. The van der Waals surface area contributed by atoms with E-state index in [1.807, 2.05) is 28.0 Å². The van der Waals surface area contributed by atoms with Gasteiger partial charge >= 0.3 is 0 Å². The Morgan fingerprint density at radius 3 is 2.48 bits per heavy atom. The third-order valence-electron chi connectivity index (χ3n) is 6.70. The number of ether oxygens (including phenoxy) is 1. The maximum atomic E-state index is 13.3. The molecule has 6 heteroatoms. The first kappa shape index (κ1) is 18.4. The van der Waals surface area contributed by atoms with Crippen molar-refractivity contribution in [3.63, 3.8) is 0 Å². The van der Waals surface area contributed by atoms with E-state index < -0.39 is 5.41 Å². The molecule has 0 unspecified atom stereocenters. The lowest BCUT2D eigenvalue weighted by Gasteiger charge is -2.38. The molecule has 0 bridgehead atoms. The number of aliphatic hydroxyl groups is 1. The predicted octanol–water partition coefficient (Wildman–Crippen LogP) is 1.45. The van der Waals surface area contributed by atoms with Gasteiger partial charge in [-0.05, 0) is 18.4 Å². The van der Waals surface area contributed by atoms with E-state index in [2.05, 4.69) is 12.1 Å². The minimum Gasteiger partial charge on any atom is -0.395 e. The zero-order valence-corrected chi connectivity index (χ0v) is 15.8. The smallest absolute Gasteiger partial charge is 0.231 e. The molecule has 146 valence electrons. The quantitative estimate of drug-likeness (QED) is 0.872. The lowest BCUT2D eigenvalue weighted by atomic mass is 9.79. The van der Waals surface area contributed by atoms with Gasteiger partial charge in [0.15, 0.2) is 0 Å². The van der Waals surface area contributed by atoms with Gasteiger partial charge in [-0.2, -0.15) is 0 Å². The van der Waals surface area contributed by atoms with E-state index >= 15 is 0 Å². The maximum Gasteiger partial charge on any atom is 0.231 e. The van der Waals surface area contributed by atoms with E-state index in [9.17, 15) is 14.7 Å². The standard InChI is InChI=1S/C21H28N2O4/c1-15(25)23-12-17-11-22(20(26)21(14-24)7-9-27-10-8-21)13-18(17)19(23)16-5-3-2-4-6-16/h2-6,17-19,24H,7-14H2,1H3/t17-,18-,19-/m1/s1. The van der Waals surface area contributed by atoms with Gasteiger partial charge in [0.2, 0.25) is 11.8 Å². The molecule has 0 radical (unpaired) electrons. The van der Waals surface area contributed by atoms with Crippen LogP contribution in [0, 0.1) is 17.3 Å². The van der Waals surface area contributed by atoms with E-state index in [4.69, 9.17) is 4.74 Å². The van der Waals surface area contributed by atoms with Crippen LogP contribution >= 0.6 is 0 Å². The summed E-state index contributed by atoms with van der Waals surface area (Å²) < 4.78 is 5.40. The van der Waals surface area contributed by atoms with Crippen LogP contribution in [0.15, 0.2) is 30.3 Å². The minimum atomic E-state index is -0.695. The van der Waals surface area contributed by atoms with Crippen LogP contribution in [0.4, 0.5) is 0 Å². The number of carbonyl (C=O) groups is 2. The highest BCUT2D eigenvalue weighted by molar-refractivity contribution is 5.83. The fourth-order valence-electron chi connectivity index (χ4n) is 5.15. The van der Waals surface area contributed by atoms with Gasteiger partial charge in [0.25, 0.3) is 0 Å². The number of rotatable bonds is 3. The lowest BCUT2D eigenvalue weighted by molar-refractivity contribution is -0.151. The number of nitrogens with zero attached hydrogens (tertiary/aromatic N) is 2. The third kappa shape index (κ3) is 3.15. The molecule has 3 saturated heterocycles. The number of likely N-dealkylation sites (tertiary alicyclic amines) is 2. The minimum absolute atomic E-state index is 0.0197. The van der Waals surface area contributed by atoms with Crippen LogP contribution in [0.1, 0.15) is 31.4 Å². The Labute approximate surface area is 160 Å². The number of hydrogen-bond donors (Lipinski definition) is 1. The van der Waals surface area contributed by atoms with Crippen LogP contribution in [0.25, 0.3) is 0 Å². The average Bonchev–Trinajstić information content (AvgIpc) is 3.26. The van der Waals surface area contributed by atoms with E-state index in [1.54, 1.807) is 6.92 Å². The van der Waals surface area contributed by atoms with Crippen molar-refractivity contribution in [2.45, 2.75) is 25.8 Å². The molecule has 3 aliphatic rings. The molecule has 3 atom stereocenters. The summed E-state index contributed by atoms with van der Waals surface area (Å²) >= 11 is 0. The van der Waals surface area contributed by atoms with Crippen molar-refractivity contribution < 1.29 is 19.4 Å². The second-order valence-electron chi connectivity index (χ2n) is 8.21. The van der Waals surface area contributed by atoms with Crippen molar-refractivity contribution in [1.29, 1.82) is 0 Å². The summed E-state index contributed by atoms with van der Waals surface area (Å²) in [6, 6.07) is 10.1. The van der Waals surface area contributed by atoms with Crippen LogP contribution in [0.2, 0.25) is 0 Å². The van der Waals surface area contributed by atoms with E-state index in [1.165, 1.54) is 0 Å². The Kier molecular flexibility index (Phi) is 4.95. The molecule has 1 N–H and O–H groups in total. The summed E-state index contributed by atoms with van der Waals surface area (Å²) in [6.45, 7) is 4.56. The Morgan fingerprint density at radius 1 is 1.15 bits per heavy atom. The molecule has 27 heavy (non-hydrogen) atoms. The fraction of sp³-hybridized carbons (Fsp3) is 0.619. The number of hydrogen-bond acceptors (Lipinski definition) is 4. The molecule has 1 aromatic rings. The van der Waals surface area contributed by atoms with E-state index in [0.717, 1.165) is 5.56 Å². The van der Waals surface area contributed by atoms with Crippen molar-refractivity contribution >= 4 is 11.8 Å². The van der Waals surface area contributed by atoms with Gasteiger partial charge in [-0.25, -0.2) is 0 Å². The van der Waals surface area contributed by atoms with Crippen LogP contribution in [-0.4, -0.2) is 66.2 Å². The molecule has 0 saturated carbocycles. The Morgan fingerprint density at radius 2 is 1.85 bits per heavy atom. The van der Waals surface area contributed by atoms with Crippen LogP contribution < -0.4 is 0 Å². The molecule has 3 fully saturated rings. The van der Waals surface area contributed by atoms with Crippen molar-refractivity contribution in [3.8, 4) is 0 Å². The van der Waals surface area contributed by atoms with Crippen molar-refractivity contribution in [2.24, 2.45) is 17.3 Å². The largest absolute Gasteiger partial charge is 0.395 e. The van der Waals surface area contributed by atoms with E-state index in [0.29, 0.717) is 51.6 Å². The highest BCUT2D eigenvalue weighted by Gasteiger charge is 2.52. The number of aliphatic hydroxyl groups excluding tert-OH is 1. The van der Waals surface area contributed by atoms with Gasteiger partial charge in [0, 0.05) is 51.6 Å². The molecule has 0 aromatic heterocycles. The van der Waals surface area contributed by atoms with Crippen LogP contribution in [0.5, 0.6) is 0 Å². The number of carbonyl (C=O) groups excluding carboxylic acids is 2. The first-order valence-corrected chi connectivity index (χ1v) is 9.86. The van der Waals surface area contributed by atoms with Gasteiger partial charge in [0.1, 0.15) is 0 Å². The fourth-order valence-corrected chi connectivity index (χ4v) is 5.15. The van der Waals surface area contributed by atoms with Gasteiger partial charge in [-0.15, -0.1) is 0 Å². The summed E-state index contributed by atoms with van der Waals surface area (Å²) in [4.78, 5) is 29.4. The molecule has 3 heterocycles.